The van der Waals surface area contributed by atoms with Crippen molar-refractivity contribution in [3.8, 4) is 0 Å². The molecule has 0 aliphatic heterocycles. The summed E-state index contributed by atoms with van der Waals surface area (Å²) in [4.78, 5) is 9.00. The van der Waals surface area contributed by atoms with Gasteiger partial charge in [0.05, 0.1) is 0 Å². The van der Waals surface area contributed by atoms with Crippen molar-refractivity contribution in [3.63, 3.8) is 0 Å². The van der Waals surface area contributed by atoms with Crippen molar-refractivity contribution >= 4 is 5.97 Å². The first kappa shape index (κ1) is 39.4. The second-order valence-corrected chi connectivity index (χ2v) is 0.519. The molecule has 0 aromatic rings. The van der Waals surface area contributed by atoms with Gasteiger partial charge in [0.25, 0.3) is 5.97 Å². The third-order valence-electron chi connectivity index (χ3n) is 0. The average Bonchev–Trinajstić information content (AvgIpc) is 0.811. The molecule has 0 amide bonds. The van der Waals surface area contributed by atoms with Gasteiger partial charge < -0.3 is 21.5 Å². The van der Waals surface area contributed by atoms with Gasteiger partial charge in [-0.05, 0) is 0 Å². The van der Waals surface area contributed by atoms with Crippen LogP contribution in [0.5, 0.6) is 0 Å². The molecule has 0 spiro atoms. The first-order chi connectivity index (χ1) is 1.73. The summed E-state index contributed by atoms with van der Waals surface area (Å²) in [6, 6.07) is 0. The smallest absolute Gasteiger partial charge is 0.300 e. The number of hydrogen-bond acceptors (Lipinski definition) is 1. The van der Waals surface area contributed by atoms with Crippen molar-refractivity contribution in [2.24, 2.45) is 0 Å². The first-order valence-corrected chi connectivity index (χ1v) is 0.928. The Labute approximate surface area is 71.9 Å². The van der Waals surface area contributed by atoms with E-state index in [1.165, 1.54) is 0 Å². The summed E-state index contributed by atoms with van der Waals surface area (Å²) < 4.78 is 0. The van der Waals surface area contributed by atoms with E-state index in [0.717, 1.165) is 6.92 Å². The minimum atomic E-state index is -0.833. The van der Waals surface area contributed by atoms with Crippen molar-refractivity contribution in [1.82, 2.24) is 0 Å². The fraction of sp³-hybridized carbons (Fsp3) is 0.500. The molecule has 0 aliphatic rings. The van der Waals surface area contributed by atoms with Crippen LogP contribution in [0.4, 0.5) is 0 Å². The van der Waals surface area contributed by atoms with Gasteiger partial charge in [-0.15, -0.1) is 0 Å². The van der Waals surface area contributed by atoms with Gasteiger partial charge in [0.15, 0.2) is 0 Å². The molecule has 0 aromatic carbocycles. The summed E-state index contributed by atoms with van der Waals surface area (Å²) in [7, 11) is 0. The molecule has 0 heterocycles. The molecule has 0 atom stereocenters. The molecule has 0 bridgehead atoms. The van der Waals surface area contributed by atoms with Gasteiger partial charge >= 0.3 is 0 Å². The normalized spacial score (nSPS) is 3.12. The first-order valence-electron chi connectivity index (χ1n) is 0.928. The Hall–Kier alpha value is 0.454. The Morgan fingerprint density at radius 3 is 1.25 bits per heavy atom. The maximum absolute atomic E-state index is 9.00. The van der Waals surface area contributed by atoms with Crippen molar-refractivity contribution in [3.05, 3.63) is 0 Å². The molecule has 0 unspecified atom stereocenters. The van der Waals surface area contributed by atoms with Crippen LogP contribution in [0.3, 0.4) is 0 Å². The largest absolute Gasteiger partial charge is 0.481 e. The topological polar surface area (TPSA) is 132 Å². The quantitative estimate of drug-likeness (QED) is 0.470. The molecule has 0 rings (SSSR count). The van der Waals surface area contributed by atoms with E-state index in [0.29, 0.717) is 0 Å². The molecule has 0 saturated heterocycles. The van der Waals surface area contributed by atoms with Crippen LogP contribution >= 0.6 is 0 Å². The van der Waals surface area contributed by atoms with Gasteiger partial charge in [0, 0.05) is 39.6 Å². The van der Waals surface area contributed by atoms with Gasteiger partial charge in [-0.1, -0.05) is 0 Å². The number of carboxylic acid groups (broad SMARTS) is 1. The molecule has 51 valence electrons. The number of hydrogen-bond donors (Lipinski definition) is 1. The molecule has 0 saturated carbocycles. The van der Waals surface area contributed by atoms with Crippen molar-refractivity contribution in [2.75, 3.05) is 0 Å². The fourth-order valence-electron chi connectivity index (χ4n) is 0. The average molecular weight is 203 g/mol. The minimum absolute atomic E-state index is 0. The van der Waals surface area contributed by atoms with Gasteiger partial charge in [-0.2, -0.15) is 0 Å². The molecule has 0 aliphatic carbocycles. The summed E-state index contributed by atoms with van der Waals surface area (Å²) in [6.07, 6.45) is 0. The van der Waals surface area contributed by atoms with Crippen LogP contribution < -0.4 is 0 Å². The molecule has 5 nitrogen and oxygen atoms in total. The van der Waals surface area contributed by atoms with E-state index in [1.807, 2.05) is 0 Å². The number of carboxylic acids is 1. The SMILES string of the molecule is CC(=O)O.O.O.O.[Y]. The predicted octanol–water partition coefficient (Wildman–Crippen LogP) is -2.39. The Morgan fingerprint density at radius 1 is 1.25 bits per heavy atom. The number of aliphatic carboxylic acids is 1. The van der Waals surface area contributed by atoms with Crippen LogP contribution in [-0.2, 0) is 37.5 Å². The third kappa shape index (κ3) is 932. The van der Waals surface area contributed by atoms with E-state index in [2.05, 4.69) is 0 Å². The Kier molecular flexibility index (Phi) is 128. The van der Waals surface area contributed by atoms with Crippen molar-refractivity contribution < 1.29 is 59.0 Å². The molecule has 8 heavy (non-hydrogen) atoms. The minimum Gasteiger partial charge on any atom is -0.481 e. The summed E-state index contributed by atoms with van der Waals surface area (Å²) in [5, 5.41) is 7.42. The Bertz CT molecular complexity index is 33.4. The van der Waals surface area contributed by atoms with E-state index in [9.17, 15) is 0 Å². The van der Waals surface area contributed by atoms with Crippen LogP contribution in [0.25, 0.3) is 0 Å². The Morgan fingerprint density at radius 2 is 1.25 bits per heavy atom. The Balaban J connectivity index is -0.00000000750. The summed E-state index contributed by atoms with van der Waals surface area (Å²) in [5.41, 5.74) is 0. The standard InChI is InChI=1S/C2H4O2.3H2O.Y/c1-2(3)4;;;;/h1H3,(H,3,4);3*1H2;. The van der Waals surface area contributed by atoms with Crippen LogP contribution in [0.2, 0.25) is 0 Å². The molecular weight excluding hydrogens is 193 g/mol. The van der Waals surface area contributed by atoms with Crippen LogP contribution in [-0.4, -0.2) is 27.5 Å². The monoisotopic (exact) mass is 203 g/mol. The zero-order valence-electron chi connectivity index (χ0n) is 4.43. The molecule has 0 fully saturated rings. The molecule has 1 radical (unpaired) electrons. The second kappa shape index (κ2) is 26.0. The van der Waals surface area contributed by atoms with E-state index in [4.69, 9.17) is 9.90 Å². The molecule has 0 aromatic heterocycles. The van der Waals surface area contributed by atoms with E-state index >= 15 is 0 Å². The maximum Gasteiger partial charge on any atom is 0.300 e. The van der Waals surface area contributed by atoms with Gasteiger partial charge in [-0.25, -0.2) is 0 Å². The fourth-order valence-corrected chi connectivity index (χ4v) is 0. The maximum atomic E-state index is 9.00. The molecular formula is C2H10O5Y. The predicted molar refractivity (Wildman–Crippen MR) is 24.2 cm³/mol. The van der Waals surface area contributed by atoms with Gasteiger partial charge in [0.1, 0.15) is 0 Å². The zero-order valence-corrected chi connectivity index (χ0v) is 7.27. The van der Waals surface area contributed by atoms with E-state index in [-0.39, 0.29) is 49.1 Å². The second-order valence-electron chi connectivity index (χ2n) is 0.519. The van der Waals surface area contributed by atoms with E-state index < -0.39 is 5.97 Å². The van der Waals surface area contributed by atoms with Crippen LogP contribution in [0.15, 0.2) is 0 Å². The van der Waals surface area contributed by atoms with Crippen molar-refractivity contribution in [2.45, 2.75) is 6.92 Å². The summed E-state index contributed by atoms with van der Waals surface area (Å²) >= 11 is 0. The molecule has 6 heteroatoms. The van der Waals surface area contributed by atoms with E-state index in [1.54, 1.807) is 0 Å². The van der Waals surface area contributed by atoms with Crippen LogP contribution in [0, 0.1) is 0 Å². The summed E-state index contributed by atoms with van der Waals surface area (Å²) in [5.74, 6) is -0.833. The van der Waals surface area contributed by atoms with Crippen LogP contribution in [0.1, 0.15) is 6.92 Å². The van der Waals surface area contributed by atoms with Crippen molar-refractivity contribution in [1.29, 1.82) is 0 Å². The third-order valence-corrected chi connectivity index (χ3v) is 0. The number of carbonyl (C=O) groups is 1. The zero-order chi connectivity index (χ0) is 3.58. The summed E-state index contributed by atoms with van der Waals surface area (Å²) in [6.45, 7) is 1.08. The van der Waals surface area contributed by atoms with Gasteiger partial charge in [-0.3, -0.25) is 4.79 Å². The van der Waals surface area contributed by atoms with Gasteiger partial charge in [0.2, 0.25) is 0 Å². The number of rotatable bonds is 0. The molecule has 7 N–H and O–H groups in total.